The van der Waals surface area contributed by atoms with Gasteiger partial charge in [-0.2, -0.15) is 4.37 Å². The largest absolute Gasteiger partial charge is 0.382 e. The highest BCUT2D eigenvalue weighted by atomic mass is 32.2. The number of sulfonamides is 1. The van der Waals surface area contributed by atoms with Gasteiger partial charge in [-0.05, 0) is 32.3 Å². The molecule has 0 spiro atoms. The maximum atomic E-state index is 12.3. The zero-order valence-electron chi connectivity index (χ0n) is 11.3. The summed E-state index contributed by atoms with van der Waals surface area (Å²) in [4.78, 5) is 2.10. The van der Waals surface area contributed by atoms with E-state index in [0.717, 1.165) is 15.8 Å². The lowest BCUT2D eigenvalue weighted by molar-refractivity contribution is 0.521. The first kappa shape index (κ1) is 15.2. The molecule has 1 heterocycles. The predicted octanol–water partition coefficient (Wildman–Crippen LogP) is 1.21. The van der Waals surface area contributed by atoms with Crippen molar-refractivity contribution in [2.75, 3.05) is 31.3 Å². The van der Waals surface area contributed by atoms with Gasteiger partial charge in [-0.15, -0.1) is 0 Å². The molecule has 18 heavy (non-hydrogen) atoms. The highest BCUT2D eigenvalue weighted by molar-refractivity contribution is 7.89. The Morgan fingerprint density at radius 1 is 1.39 bits per heavy atom. The van der Waals surface area contributed by atoms with Crippen molar-refractivity contribution in [3.63, 3.8) is 0 Å². The molecule has 0 aromatic carbocycles. The van der Waals surface area contributed by atoms with Crippen molar-refractivity contribution in [1.29, 1.82) is 0 Å². The first-order valence-electron chi connectivity index (χ1n) is 5.67. The molecule has 0 atom stereocenters. The molecule has 2 N–H and O–H groups in total. The molecule has 1 aromatic rings. The molecular formula is C10H20N4O2S2. The average molecular weight is 292 g/mol. The molecule has 0 unspecified atom stereocenters. The van der Waals surface area contributed by atoms with Gasteiger partial charge in [-0.25, -0.2) is 12.7 Å². The Morgan fingerprint density at radius 2 is 1.94 bits per heavy atom. The molecule has 0 aliphatic carbocycles. The van der Waals surface area contributed by atoms with Crippen molar-refractivity contribution in [2.45, 2.75) is 31.7 Å². The Morgan fingerprint density at radius 3 is 2.33 bits per heavy atom. The van der Waals surface area contributed by atoms with Gasteiger partial charge in [0.25, 0.3) is 0 Å². The maximum absolute atomic E-state index is 12.3. The Balaban J connectivity index is 3.42. The molecule has 1 rings (SSSR count). The number of anilines is 2. The third kappa shape index (κ3) is 2.60. The maximum Gasteiger partial charge on any atom is 0.249 e. The molecule has 8 heteroatoms. The van der Waals surface area contributed by atoms with Crippen LogP contribution in [0.3, 0.4) is 0 Å². The summed E-state index contributed by atoms with van der Waals surface area (Å²) in [5, 5.41) is 0.610. The van der Waals surface area contributed by atoms with Gasteiger partial charge in [0.2, 0.25) is 10.0 Å². The summed E-state index contributed by atoms with van der Waals surface area (Å²) in [6.07, 6.45) is 0. The van der Waals surface area contributed by atoms with Gasteiger partial charge in [0.15, 0.2) is 10.7 Å². The molecular weight excluding hydrogens is 272 g/mol. The molecule has 0 fully saturated rings. The van der Waals surface area contributed by atoms with Crippen LogP contribution in [0.4, 0.5) is 10.8 Å². The lowest BCUT2D eigenvalue weighted by Crippen LogP contribution is -2.32. The summed E-state index contributed by atoms with van der Waals surface area (Å²) in [6, 6.07) is 0.186. The second-order valence-electron chi connectivity index (χ2n) is 4.37. The summed E-state index contributed by atoms with van der Waals surface area (Å²) in [6.45, 7) is 6.69. The standard InChI is InChI=1S/C10H20N4O2S2/c1-6-14(7(2)3)10-8(9(11)12-17-10)18(15,16)13(4)5/h7H,6H2,1-5H3,(H2,11,12). The minimum atomic E-state index is -3.57. The van der Waals surface area contributed by atoms with Gasteiger partial charge in [-0.3, -0.25) is 0 Å². The van der Waals surface area contributed by atoms with Crippen LogP contribution < -0.4 is 10.6 Å². The molecule has 6 nitrogen and oxygen atoms in total. The predicted molar refractivity (Wildman–Crippen MR) is 75.6 cm³/mol. The van der Waals surface area contributed by atoms with Crippen LogP contribution >= 0.6 is 11.5 Å². The van der Waals surface area contributed by atoms with Crippen LogP contribution in [0.2, 0.25) is 0 Å². The van der Waals surface area contributed by atoms with Crippen molar-refractivity contribution in [2.24, 2.45) is 0 Å². The Hall–Kier alpha value is -0.860. The van der Waals surface area contributed by atoms with Gasteiger partial charge in [0, 0.05) is 26.7 Å². The van der Waals surface area contributed by atoms with Crippen LogP contribution in [0.15, 0.2) is 4.90 Å². The lowest BCUT2D eigenvalue weighted by atomic mass is 10.3. The van der Waals surface area contributed by atoms with E-state index < -0.39 is 10.0 Å². The second-order valence-corrected chi connectivity index (χ2v) is 7.21. The van der Waals surface area contributed by atoms with Gasteiger partial charge >= 0.3 is 0 Å². The van der Waals surface area contributed by atoms with E-state index in [0.29, 0.717) is 11.5 Å². The summed E-state index contributed by atoms with van der Waals surface area (Å²) < 4.78 is 29.7. The Labute approximate surface area is 113 Å². The molecule has 1 aromatic heterocycles. The van der Waals surface area contributed by atoms with E-state index >= 15 is 0 Å². The molecule has 0 amide bonds. The van der Waals surface area contributed by atoms with Crippen molar-refractivity contribution < 1.29 is 8.42 Å². The zero-order valence-corrected chi connectivity index (χ0v) is 13.0. The normalized spacial score (nSPS) is 12.4. The van der Waals surface area contributed by atoms with Crippen LogP contribution in [-0.4, -0.2) is 43.8 Å². The van der Waals surface area contributed by atoms with Gasteiger partial charge < -0.3 is 10.6 Å². The van der Waals surface area contributed by atoms with Crippen molar-refractivity contribution in [3.05, 3.63) is 0 Å². The quantitative estimate of drug-likeness (QED) is 0.882. The minimum Gasteiger partial charge on any atom is -0.382 e. The SMILES string of the molecule is CCN(c1snc(N)c1S(=O)(=O)N(C)C)C(C)C. The van der Waals surface area contributed by atoms with E-state index in [1.807, 2.05) is 25.7 Å². The highest BCUT2D eigenvalue weighted by Gasteiger charge is 2.30. The third-order valence-corrected chi connectivity index (χ3v) is 5.53. The third-order valence-electron chi connectivity index (χ3n) is 2.62. The number of nitrogen functional groups attached to an aromatic ring is 1. The highest BCUT2D eigenvalue weighted by Crippen LogP contribution is 2.36. The minimum absolute atomic E-state index is 0.0720. The van der Waals surface area contributed by atoms with Crippen LogP contribution in [0.25, 0.3) is 0 Å². The van der Waals surface area contributed by atoms with E-state index in [4.69, 9.17) is 5.73 Å². The van der Waals surface area contributed by atoms with Crippen LogP contribution in [0.1, 0.15) is 20.8 Å². The molecule has 0 radical (unpaired) electrons. The number of rotatable bonds is 5. The smallest absolute Gasteiger partial charge is 0.249 e. The number of nitrogens with two attached hydrogens (primary N) is 1. The van der Waals surface area contributed by atoms with Crippen LogP contribution in [-0.2, 0) is 10.0 Å². The van der Waals surface area contributed by atoms with Crippen LogP contribution in [0.5, 0.6) is 0 Å². The van der Waals surface area contributed by atoms with Gasteiger partial charge in [0.05, 0.1) is 0 Å². The lowest BCUT2D eigenvalue weighted by Gasteiger charge is -2.26. The number of aromatic nitrogens is 1. The fraction of sp³-hybridized carbons (Fsp3) is 0.700. The van der Waals surface area contributed by atoms with Crippen molar-refractivity contribution in [1.82, 2.24) is 8.68 Å². The van der Waals surface area contributed by atoms with Crippen molar-refractivity contribution in [3.8, 4) is 0 Å². The van der Waals surface area contributed by atoms with E-state index in [-0.39, 0.29) is 16.8 Å². The Bertz CT molecular complexity index is 508. The molecule has 0 aliphatic heterocycles. The number of hydrogen-bond acceptors (Lipinski definition) is 6. The fourth-order valence-electron chi connectivity index (χ4n) is 1.64. The molecule has 0 saturated heterocycles. The summed E-state index contributed by atoms with van der Waals surface area (Å²) in [5.41, 5.74) is 5.72. The number of hydrogen-bond donors (Lipinski definition) is 1. The summed E-state index contributed by atoms with van der Waals surface area (Å²) in [5.74, 6) is 0.0720. The molecule has 0 aliphatic rings. The average Bonchev–Trinajstić information content (AvgIpc) is 2.61. The summed E-state index contributed by atoms with van der Waals surface area (Å²) in [7, 11) is -0.593. The monoisotopic (exact) mass is 292 g/mol. The first-order chi connectivity index (χ1) is 8.23. The number of nitrogens with zero attached hydrogens (tertiary/aromatic N) is 3. The van der Waals surface area contributed by atoms with E-state index in [1.54, 1.807) is 0 Å². The van der Waals surface area contributed by atoms with E-state index in [1.165, 1.54) is 14.1 Å². The second kappa shape index (κ2) is 5.41. The first-order valence-corrected chi connectivity index (χ1v) is 7.89. The summed E-state index contributed by atoms with van der Waals surface area (Å²) >= 11 is 1.13. The molecule has 104 valence electrons. The van der Waals surface area contributed by atoms with E-state index in [2.05, 4.69) is 4.37 Å². The molecule has 0 bridgehead atoms. The van der Waals surface area contributed by atoms with Gasteiger partial charge in [0.1, 0.15) is 5.00 Å². The van der Waals surface area contributed by atoms with E-state index in [9.17, 15) is 8.42 Å². The zero-order chi connectivity index (χ0) is 14.1. The van der Waals surface area contributed by atoms with Crippen LogP contribution in [0, 0.1) is 0 Å². The topological polar surface area (TPSA) is 79.5 Å². The fourth-order valence-corrected chi connectivity index (χ4v) is 4.04. The van der Waals surface area contributed by atoms with Crippen molar-refractivity contribution >= 4 is 32.4 Å². The molecule has 0 saturated carbocycles. The van der Waals surface area contributed by atoms with Gasteiger partial charge in [-0.1, -0.05) is 0 Å². The Kier molecular flexibility index (Phi) is 4.57.